The Kier molecular flexibility index (Phi) is 6.96. The van der Waals surface area contributed by atoms with E-state index in [4.69, 9.17) is 16.3 Å². The first-order valence-corrected chi connectivity index (χ1v) is 13.7. The molecule has 2 aromatic heterocycles. The van der Waals surface area contributed by atoms with E-state index in [9.17, 15) is 4.39 Å². The van der Waals surface area contributed by atoms with Crippen molar-refractivity contribution >= 4 is 29.3 Å². The van der Waals surface area contributed by atoms with Crippen LogP contribution in [0.4, 0.5) is 10.3 Å². The number of thioether (sulfide) groups is 1. The zero-order chi connectivity index (χ0) is 26.1. The summed E-state index contributed by atoms with van der Waals surface area (Å²) in [6, 6.07) is 12.3. The smallest absolute Gasteiger partial charge is 0.228 e. The summed E-state index contributed by atoms with van der Waals surface area (Å²) < 4.78 is 18.6. The molecule has 0 bridgehead atoms. The van der Waals surface area contributed by atoms with E-state index >= 15 is 0 Å². The minimum atomic E-state index is -0.466. The van der Waals surface area contributed by atoms with Gasteiger partial charge in [0.25, 0.3) is 0 Å². The number of hydrogen-bond donors (Lipinski definition) is 2. The Morgan fingerprint density at radius 1 is 1.16 bits per heavy atom. The second-order valence-corrected chi connectivity index (χ2v) is 10.9. The maximum atomic E-state index is 13.3. The Labute approximate surface area is 229 Å². The first-order valence-electron chi connectivity index (χ1n) is 12.3. The molecule has 11 heteroatoms. The number of nitrogens with zero attached hydrogens (tertiary/aromatic N) is 5. The minimum absolute atomic E-state index is 0.175. The van der Waals surface area contributed by atoms with E-state index in [1.165, 1.54) is 10.5 Å². The summed E-state index contributed by atoms with van der Waals surface area (Å²) in [4.78, 5) is 16.5. The highest BCUT2D eigenvalue weighted by atomic mass is 35.5. The van der Waals surface area contributed by atoms with Gasteiger partial charge in [-0.05, 0) is 48.7 Å². The minimum Gasteiger partial charge on any atom is -0.497 e. The fraction of sp³-hybridized carbons (Fsp3) is 0.296. The number of anilines is 1. The van der Waals surface area contributed by atoms with Crippen molar-refractivity contribution in [1.82, 2.24) is 30.3 Å². The van der Waals surface area contributed by atoms with Gasteiger partial charge in [-0.1, -0.05) is 29.8 Å². The Hall–Kier alpha value is -3.18. The number of hydrazine groups is 1. The molecule has 2 unspecified atom stereocenters. The van der Waals surface area contributed by atoms with Gasteiger partial charge in [-0.2, -0.15) is 5.01 Å². The fourth-order valence-electron chi connectivity index (χ4n) is 5.14. The fourth-order valence-corrected chi connectivity index (χ4v) is 6.59. The van der Waals surface area contributed by atoms with E-state index < -0.39 is 5.82 Å². The topological polar surface area (TPSA) is 78.4 Å². The molecule has 3 aliphatic heterocycles. The predicted molar refractivity (Wildman–Crippen MR) is 147 cm³/mol. The van der Waals surface area contributed by atoms with Crippen LogP contribution in [0.5, 0.6) is 5.75 Å². The quantitative estimate of drug-likeness (QED) is 0.438. The van der Waals surface area contributed by atoms with Crippen LogP contribution in [0.25, 0.3) is 0 Å². The Morgan fingerprint density at radius 2 is 1.97 bits per heavy atom. The summed E-state index contributed by atoms with van der Waals surface area (Å²) in [6.45, 7) is 1.58. The third-order valence-electron chi connectivity index (χ3n) is 7.11. The van der Waals surface area contributed by atoms with Gasteiger partial charge < -0.3 is 15.5 Å². The maximum absolute atomic E-state index is 13.3. The SMILES string of the molecule is COc1ccc(CC2C=C3SCN4NC(Nc5ncc(F)cn5)=CC34CCN2Cc2ccc(Cl)cn2)cc1. The van der Waals surface area contributed by atoms with Crippen molar-refractivity contribution in [2.24, 2.45) is 0 Å². The number of aromatic nitrogens is 3. The van der Waals surface area contributed by atoms with Crippen LogP contribution in [-0.4, -0.2) is 56.0 Å². The molecule has 196 valence electrons. The van der Waals surface area contributed by atoms with E-state index in [-0.39, 0.29) is 11.6 Å². The van der Waals surface area contributed by atoms with Crippen molar-refractivity contribution in [2.75, 3.05) is 24.8 Å². The normalized spacial score (nSPS) is 23.1. The van der Waals surface area contributed by atoms with Crippen molar-refractivity contribution in [3.8, 4) is 5.75 Å². The summed E-state index contributed by atoms with van der Waals surface area (Å²) >= 11 is 7.95. The van der Waals surface area contributed by atoms with E-state index in [1.807, 2.05) is 36.0 Å². The predicted octanol–water partition coefficient (Wildman–Crippen LogP) is 4.59. The Morgan fingerprint density at radius 3 is 2.71 bits per heavy atom. The molecule has 1 saturated heterocycles. The Balaban J connectivity index is 1.30. The first kappa shape index (κ1) is 25.1. The van der Waals surface area contributed by atoms with Gasteiger partial charge in [0.05, 0.1) is 41.6 Å². The largest absolute Gasteiger partial charge is 0.497 e. The van der Waals surface area contributed by atoms with Crippen molar-refractivity contribution in [3.63, 3.8) is 0 Å². The van der Waals surface area contributed by atoms with Crippen molar-refractivity contribution < 1.29 is 9.13 Å². The van der Waals surface area contributed by atoms with Gasteiger partial charge in [0.1, 0.15) is 11.6 Å². The molecule has 3 aromatic rings. The molecule has 6 rings (SSSR count). The van der Waals surface area contributed by atoms with Crippen LogP contribution < -0.4 is 15.5 Å². The van der Waals surface area contributed by atoms with Crippen molar-refractivity contribution in [2.45, 2.75) is 31.0 Å². The van der Waals surface area contributed by atoms with Gasteiger partial charge in [-0.15, -0.1) is 11.8 Å². The van der Waals surface area contributed by atoms with Gasteiger partial charge in [-0.25, -0.2) is 14.4 Å². The number of benzene rings is 1. The standard InChI is InChI=1S/C27H27ClFN7OS/c1-37-23-6-2-18(3-7-23)10-22-11-24-27(8-9-35(22)16-21-5-4-19(28)13-30-21)12-25(34-36(27)17-38-24)33-26-31-14-20(29)15-32-26/h2-7,11-15,22,34H,8-10,16-17H2,1H3,(H,31,32,33). The number of ether oxygens (including phenoxy) is 1. The highest BCUT2D eigenvalue weighted by Crippen LogP contribution is 2.49. The monoisotopic (exact) mass is 551 g/mol. The molecule has 0 saturated carbocycles. The molecule has 1 fully saturated rings. The van der Waals surface area contributed by atoms with Crippen LogP contribution >= 0.6 is 23.4 Å². The zero-order valence-electron chi connectivity index (χ0n) is 20.8. The number of rotatable bonds is 7. The molecular formula is C27H27ClFN7OS. The van der Waals surface area contributed by atoms with Crippen LogP contribution in [-0.2, 0) is 13.0 Å². The summed E-state index contributed by atoms with van der Waals surface area (Å²) in [7, 11) is 1.68. The molecule has 0 radical (unpaired) electrons. The lowest BCUT2D eigenvalue weighted by Crippen LogP contribution is -2.46. The van der Waals surface area contributed by atoms with Crippen LogP contribution in [0.15, 0.2) is 77.9 Å². The molecule has 0 aliphatic carbocycles. The highest BCUT2D eigenvalue weighted by molar-refractivity contribution is 8.03. The molecule has 1 aromatic carbocycles. The second-order valence-electron chi connectivity index (χ2n) is 9.48. The number of methoxy groups -OCH3 is 1. The molecule has 8 nitrogen and oxygen atoms in total. The number of pyridine rings is 1. The number of nitrogens with one attached hydrogen (secondary N) is 2. The summed E-state index contributed by atoms with van der Waals surface area (Å²) in [6.07, 6.45) is 10.4. The lowest BCUT2D eigenvalue weighted by molar-refractivity contribution is 0.148. The van der Waals surface area contributed by atoms with E-state index in [0.29, 0.717) is 17.5 Å². The van der Waals surface area contributed by atoms with Crippen LogP contribution in [0, 0.1) is 5.82 Å². The van der Waals surface area contributed by atoms with Crippen molar-refractivity contribution in [3.05, 3.63) is 100.0 Å². The number of hydrogen-bond acceptors (Lipinski definition) is 9. The zero-order valence-corrected chi connectivity index (χ0v) is 22.3. The van der Waals surface area contributed by atoms with Gasteiger partial charge in [0, 0.05) is 30.2 Å². The third kappa shape index (κ3) is 5.09. The van der Waals surface area contributed by atoms with E-state index in [1.54, 1.807) is 13.3 Å². The van der Waals surface area contributed by atoms with Gasteiger partial charge in [-0.3, -0.25) is 9.88 Å². The van der Waals surface area contributed by atoms with Gasteiger partial charge >= 0.3 is 0 Å². The molecule has 2 N–H and O–H groups in total. The Bertz CT molecular complexity index is 1350. The average Bonchev–Trinajstić information content (AvgIpc) is 3.39. The lowest BCUT2D eigenvalue weighted by atomic mass is 9.94. The molecular weight excluding hydrogens is 525 g/mol. The summed E-state index contributed by atoms with van der Waals surface area (Å²) in [5, 5.41) is 6.09. The number of halogens is 2. The van der Waals surface area contributed by atoms with Gasteiger partial charge in [0.2, 0.25) is 5.95 Å². The first-order chi connectivity index (χ1) is 18.5. The average molecular weight is 552 g/mol. The maximum Gasteiger partial charge on any atom is 0.228 e. The third-order valence-corrected chi connectivity index (χ3v) is 8.52. The molecule has 1 spiro atoms. The molecule has 0 amide bonds. The van der Waals surface area contributed by atoms with Crippen LogP contribution in [0.2, 0.25) is 5.02 Å². The molecule has 3 aliphatic rings. The van der Waals surface area contributed by atoms with Crippen LogP contribution in [0.3, 0.4) is 0 Å². The summed E-state index contributed by atoms with van der Waals surface area (Å²) in [5.74, 6) is 2.34. The van der Waals surface area contributed by atoms with Crippen molar-refractivity contribution in [1.29, 1.82) is 0 Å². The molecule has 5 heterocycles. The lowest BCUT2D eigenvalue weighted by Gasteiger charge is -2.31. The van der Waals surface area contributed by atoms with E-state index in [0.717, 1.165) is 54.9 Å². The second kappa shape index (κ2) is 10.5. The molecule has 2 atom stereocenters. The van der Waals surface area contributed by atoms with Crippen LogP contribution in [0.1, 0.15) is 17.7 Å². The highest BCUT2D eigenvalue weighted by Gasteiger charge is 2.50. The van der Waals surface area contributed by atoms with Gasteiger partial charge in [0.15, 0.2) is 5.82 Å². The molecule has 38 heavy (non-hydrogen) atoms. The summed E-state index contributed by atoms with van der Waals surface area (Å²) in [5.41, 5.74) is 5.41. The van der Waals surface area contributed by atoms with E-state index in [2.05, 4.69) is 59.9 Å².